The summed E-state index contributed by atoms with van der Waals surface area (Å²) >= 11 is 0. The summed E-state index contributed by atoms with van der Waals surface area (Å²) in [7, 11) is 1.23. The minimum Gasteiger partial charge on any atom is -0.469 e. The van der Waals surface area contributed by atoms with Gasteiger partial charge in [-0.2, -0.15) is 0 Å². The maximum absolute atomic E-state index is 13.0. The molecule has 1 aromatic heterocycles. The van der Waals surface area contributed by atoms with Crippen molar-refractivity contribution in [3.05, 3.63) is 23.6 Å². The number of aromatic nitrogens is 1. The number of rotatable bonds is 2. The number of carbonyl (C=O) groups excluding carboxylic acids is 1. The van der Waals surface area contributed by atoms with E-state index < -0.39 is 11.8 Å². The van der Waals surface area contributed by atoms with Gasteiger partial charge in [-0.3, -0.25) is 4.79 Å². The SMILES string of the molecule is COC(=O)Cc1c(F)ccnc1N. The van der Waals surface area contributed by atoms with E-state index in [1.54, 1.807) is 0 Å². The van der Waals surface area contributed by atoms with Gasteiger partial charge in [0.25, 0.3) is 0 Å². The second kappa shape index (κ2) is 3.84. The summed E-state index contributed by atoms with van der Waals surface area (Å²) in [5.74, 6) is -1.07. The van der Waals surface area contributed by atoms with Crippen LogP contribution in [0.5, 0.6) is 0 Å². The number of hydrogen-bond acceptors (Lipinski definition) is 4. The van der Waals surface area contributed by atoms with E-state index >= 15 is 0 Å². The Morgan fingerprint density at radius 1 is 1.77 bits per heavy atom. The summed E-state index contributed by atoms with van der Waals surface area (Å²) < 4.78 is 17.4. The standard InChI is InChI=1S/C8H9FN2O2/c1-13-7(12)4-5-6(9)2-3-11-8(5)10/h2-3H,4H2,1H3,(H2,10,11). The molecule has 1 rings (SSSR count). The van der Waals surface area contributed by atoms with Crippen LogP contribution >= 0.6 is 0 Å². The third-order valence-corrected chi connectivity index (χ3v) is 1.58. The van der Waals surface area contributed by atoms with Crippen molar-refractivity contribution in [1.82, 2.24) is 4.98 Å². The van der Waals surface area contributed by atoms with E-state index in [-0.39, 0.29) is 17.8 Å². The molecule has 0 atom stereocenters. The molecule has 1 aromatic rings. The fourth-order valence-electron chi connectivity index (χ4n) is 0.875. The Bertz CT molecular complexity index is 308. The number of halogens is 1. The van der Waals surface area contributed by atoms with Crippen LogP contribution in [0.1, 0.15) is 5.56 Å². The maximum atomic E-state index is 13.0. The number of anilines is 1. The highest BCUT2D eigenvalue weighted by molar-refractivity contribution is 5.74. The molecule has 0 bridgehead atoms. The van der Waals surface area contributed by atoms with Crippen LogP contribution in [0.2, 0.25) is 0 Å². The molecular formula is C8H9FN2O2. The van der Waals surface area contributed by atoms with E-state index in [9.17, 15) is 9.18 Å². The molecule has 2 N–H and O–H groups in total. The van der Waals surface area contributed by atoms with E-state index in [1.165, 1.54) is 13.3 Å². The van der Waals surface area contributed by atoms with Crippen molar-refractivity contribution in [2.75, 3.05) is 12.8 Å². The van der Waals surface area contributed by atoms with Gasteiger partial charge in [-0.15, -0.1) is 0 Å². The van der Waals surface area contributed by atoms with Gasteiger partial charge in [-0.05, 0) is 6.07 Å². The van der Waals surface area contributed by atoms with Gasteiger partial charge in [0.05, 0.1) is 13.5 Å². The van der Waals surface area contributed by atoms with Gasteiger partial charge in [-0.25, -0.2) is 9.37 Å². The monoisotopic (exact) mass is 184 g/mol. The van der Waals surface area contributed by atoms with E-state index in [0.717, 1.165) is 6.07 Å². The quantitative estimate of drug-likeness (QED) is 0.680. The molecule has 4 nitrogen and oxygen atoms in total. The van der Waals surface area contributed by atoms with Crippen LogP contribution in [0, 0.1) is 5.82 Å². The molecule has 0 saturated heterocycles. The Balaban J connectivity index is 2.93. The van der Waals surface area contributed by atoms with Crippen LogP contribution < -0.4 is 5.73 Å². The van der Waals surface area contributed by atoms with Gasteiger partial charge in [0.15, 0.2) is 0 Å². The lowest BCUT2D eigenvalue weighted by atomic mass is 10.2. The summed E-state index contributed by atoms with van der Waals surface area (Å²) in [5.41, 5.74) is 5.44. The average molecular weight is 184 g/mol. The predicted molar refractivity (Wildman–Crippen MR) is 44.3 cm³/mol. The van der Waals surface area contributed by atoms with E-state index in [1.807, 2.05) is 0 Å². The van der Waals surface area contributed by atoms with Crippen LogP contribution in [0.15, 0.2) is 12.3 Å². The van der Waals surface area contributed by atoms with Gasteiger partial charge in [0, 0.05) is 11.8 Å². The number of nitrogens with two attached hydrogens (primary N) is 1. The zero-order valence-corrected chi connectivity index (χ0v) is 7.08. The first-order chi connectivity index (χ1) is 6.15. The van der Waals surface area contributed by atoms with Crippen LogP contribution in [-0.4, -0.2) is 18.1 Å². The molecule has 13 heavy (non-hydrogen) atoms. The Kier molecular flexibility index (Phi) is 2.79. The largest absolute Gasteiger partial charge is 0.469 e. The first-order valence-electron chi connectivity index (χ1n) is 3.61. The fourth-order valence-corrected chi connectivity index (χ4v) is 0.875. The summed E-state index contributed by atoms with van der Waals surface area (Å²) in [4.78, 5) is 14.5. The van der Waals surface area contributed by atoms with E-state index in [4.69, 9.17) is 5.73 Å². The number of esters is 1. The Labute approximate surface area is 74.5 Å². The van der Waals surface area contributed by atoms with Crippen LogP contribution in [-0.2, 0) is 16.0 Å². The number of carbonyl (C=O) groups is 1. The average Bonchev–Trinajstić information content (AvgIpc) is 2.11. The number of ether oxygens (including phenoxy) is 1. The molecule has 0 unspecified atom stereocenters. The molecule has 0 spiro atoms. The number of pyridine rings is 1. The highest BCUT2D eigenvalue weighted by Gasteiger charge is 2.11. The molecule has 0 fully saturated rings. The van der Waals surface area contributed by atoms with Crippen LogP contribution in [0.4, 0.5) is 10.2 Å². The van der Waals surface area contributed by atoms with Gasteiger partial charge >= 0.3 is 5.97 Å². The van der Waals surface area contributed by atoms with Gasteiger partial charge in [0.2, 0.25) is 0 Å². The highest BCUT2D eigenvalue weighted by atomic mass is 19.1. The Hall–Kier alpha value is -1.65. The molecule has 0 amide bonds. The number of nitrogen functional groups attached to an aromatic ring is 1. The maximum Gasteiger partial charge on any atom is 0.310 e. The summed E-state index contributed by atoms with van der Waals surface area (Å²) in [6.45, 7) is 0. The van der Waals surface area contributed by atoms with Crippen LogP contribution in [0.3, 0.4) is 0 Å². The van der Waals surface area contributed by atoms with Crippen molar-refractivity contribution in [1.29, 1.82) is 0 Å². The Morgan fingerprint density at radius 2 is 2.46 bits per heavy atom. The summed E-state index contributed by atoms with van der Waals surface area (Å²) in [6.07, 6.45) is 1.05. The molecule has 0 aliphatic heterocycles. The second-order valence-corrected chi connectivity index (χ2v) is 2.41. The van der Waals surface area contributed by atoms with E-state index in [2.05, 4.69) is 9.72 Å². The first kappa shape index (κ1) is 9.44. The zero-order valence-electron chi connectivity index (χ0n) is 7.08. The minimum absolute atomic E-state index is 0.0189. The first-order valence-corrected chi connectivity index (χ1v) is 3.61. The molecule has 0 radical (unpaired) electrons. The zero-order chi connectivity index (χ0) is 9.84. The molecule has 0 aliphatic carbocycles. The minimum atomic E-state index is -0.544. The van der Waals surface area contributed by atoms with Crippen molar-refractivity contribution >= 4 is 11.8 Å². The summed E-state index contributed by atoms with van der Waals surface area (Å²) in [6, 6.07) is 1.15. The third kappa shape index (κ3) is 2.14. The normalized spacial score (nSPS) is 9.69. The van der Waals surface area contributed by atoms with Gasteiger partial charge < -0.3 is 10.5 Å². The van der Waals surface area contributed by atoms with Crippen molar-refractivity contribution in [2.24, 2.45) is 0 Å². The topological polar surface area (TPSA) is 65.2 Å². The van der Waals surface area contributed by atoms with Crippen molar-refractivity contribution in [2.45, 2.75) is 6.42 Å². The lowest BCUT2D eigenvalue weighted by molar-refractivity contribution is -0.139. The van der Waals surface area contributed by atoms with E-state index in [0.29, 0.717) is 0 Å². The molecule has 0 saturated carbocycles. The highest BCUT2D eigenvalue weighted by Crippen LogP contribution is 2.13. The number of hydrogen-bond donors (Lipinski definition) is 1. The molecule has 0 aromatic carbocycles. The molecule has 0 aliphatic rings. The second-order valence-electron chi connectivity index (χ2n) is 2.41. The molecule has 1 heterocycles. The third-order valence-electron chi connectivity index (χ3n) is 1.58. The lowest BCUT2D eigenvalue weighted by Crippen LogP contribution is -2.09. The fraction of sp³-hybridized carbons (Fsp3) is 0.250. The summed E-state index contributed by atoms with van der Waals surface area (Å²) in [5, 5.41) is 0. The predicted octanol–water partition coefficient (Wildman–Crippen LogP) is 0.518. The van der Waals surface area contributed by atoms with Gasteiger partial charge in [0.1, 0.15) is 11.6 Å². The molecule has 5 heteroatoms. The Morgan fingerprint density at radius 3 is 3.00 bits per heavy atom. The van der Waals surface area contributed by atoms with Gasteiger partial charge in [-0.1, -0.05) is 0 Å². The number of nitrogens with zero attached hydrogens (tertiary/aromatic N) is 1. The lowest BCUT2D eigenvalue weighted by Gasteiger charge is -2.03. The molecular weight excluding hydrogens is 175 g/mol. The smallest absolute Gasteiger partial charge is 0.310 e. The van der Waals surface area contributed by atoms with Crippen molar-refractivity contribution < 1.29 is 13.9 Å². The number of methoxy groups -OCH3 is 1. The van der Waals surface area contributed by atoms with Crippen molar-refractivity contribution in [3.63, 3.8) is 0 Å². The molecule has 70 valence electrons. The van der Waals surface area contributed by atoms with Crippen LogP contribution in [0.25, 0.3) is 0 Å². The van der Waals surface area contributed by atoms with Crippen molar-refractivity contribution in [3.8, 4) is 0 Å².